The highest BCUT2D eigenvalue weighted by molar-refractivity contribution is 5.97. The molecule has 0 atom stereocenters. The lowest BCUT2D eigenvalue weighted by Gasteiger charge is -2.06. The second-order valence-electron chi connectivity index (χ2n) is 3.78. The molecule has 0 saturated carbocycles. The minimum atomic E-state index is -0.639. The molecule has 1 aromatic rings. The Morgan fingerprint density at radius 3 is 2.60 bits per heavy atom. The second-order valence-corrected chi connectivity index (χ2v) is 3.78. The number of hydrogen-bond acceptors (Lipinski definition) is 5. The summed E-state index contributed by atoms with van der Waals surface area (Å²) in [5.74, 6) is -0.832. The third kappa shape index (κ3) is 3.94. The van der Waals surface area contributed by atoms with Crippen LogP contribution in [0.2, 0.25) is 0 Å². The van der Waals surface area contributed by atoms with Crippen LogP contribution in [0.15, 0.2) is 18.2 Å². The van der Waals surface area contributed by atoms with Crippen LogP contribution in [0.25, 0.3) is 0 Å². The summed E-state index contributed by atoms with van der Waals surface area (Å²) in [7, 11) is 1.30. The third-order valence-corrected chi connectivity index (χ3v) is 2.42. The highest BCUT2D eigenvalue weighted by Crippen LogP contribution is 2.27. The normalized spacial score (nSPS) is 9.70. The smallest absolute Gasteiger partial charge is 0.311 e. The Morgan fingerprint density at radius 2 is 2.05 bits per heavy atom. The molecule has 2 amide bonds. The van der Waals surface area contributed by atoms with Gasteiger partial charge in [-0.05, 0) is 19.1 Å². The minimum Gasteiger partial charge on any atom is -0.490 e. The van der Waals surface area contributed by atoms with Gasteiger partial charge < -0.3 is 15.4 Å². The number of carbonyl (C=O) groups is 2. The average molecular weight is 281 g/mol. The van der Waals surface area contributed by atoms with E-state index in [1.807, 2.05) is 0 Å². The summed E-state index contributed by atoms with van der Waals surface area (Å²) < 4.78 is 4.83. The fraction of sp³-hybridized carbons (Fsp3) is 0.333. The largest absolute Gasteiger partial charge is 0.490 e. The van der Waals surface area contributed by atoms with Crippen LogP contribution in [0.4, 0.5) is 5.69 Å². The zero-order chi connectivity index (χ0) is 15.1. The molecule has 0 aliphatic rings. The highest BCUT2D eigenvalue weighted by Gasteiger charge is 2.18. The molecule has 0 aromatic heterocycles. The molecule has 0 bridgehead atoms. The van der Waals surface area contributed by atoms with Crippen LogP contribution in [-0.4, -0.2) is 36.9 Å². The van der Waals surface area contributed by atoms with Gasteiger partial charge in [0.05, 0.1) is 18.6 Å². The molecular formula is C12H15N3O5. The standard InChI is InChI=1S/C12H15N3O5/c1-3-13-11(16)7-14-12(17)8-4-5-10(20-2)9(6-8)15(18)19/h4-6H,3,7H2,1-2H3,(H,13,16)(H,14,17). The lowest BCUT2D eigenvalue weighted by atomic mass is 10.1. The van der Waals surface area contributed by atoms with Crippen LogP contribution >= 0.6 is 0 Å². The van der Waals surface area contributed by atoms with Crippen molar-refractivity contribution in [2.45, 2.75) is 6.92 Å². The van der Waals surface area contributed by atoms with E-state index in [2.05, 4.69) is 10.6 Å². The van der Waals surface area contributed by atoms with Crippen molar-refractivity contribution in [3.8, 4) is 5.75 Å². The van der Waals surface area contributed by atoms with Gasteiger partial charge >= 0.3 is 5.69 Å². The maximum absolute atomic E-state index is 11.8. The predicted octanol–water partition coefficient (Wildman–Crippen LogP) is 0.469. The van der Waals surface area contributed by atoms with Crippen molar-refractivity contribution in [1.29, 1.82) is 0 Å². The molecule has 0 radical (unpaired) electrons. The van der Waals surface area contributed by atoms with Crippen molar-refractivity contribution in [2.75, 3.05) is 20.2 Å². The Bertz CT molecular complexity index is 530. The van der Waals surface area contributed by atoms with E-state index < -0.39 is 10.8 Å². The molecule has 1 rings (SSSR count). The van der Waals surface area contributed by atoms with Gasteiger partial charge in [-0.1, -0.05) is 0 Å². The van der Waals surface area contributed by atoms with E-state index >= 15 is 0 Å². The van der Waals surface area contributed by atoms with Crippen LogP contribution in [-0.2, 0) is 4.79 Å². The lowest BCUT2D eigenvalue weighted by Crippen LogP contribution is -2.36. The van der Waals surface area contributed by atoms with Crippen LogP contribution in [0.5, 0.6) is 5.75 Å². The molecule has 8 heteroatoms. The summed E-state index contributed by atoms with van der Waals surface area (Å²) in [5, 5.41) is 15.7. The number of nitrogens with zero attached hydrogens (tertiary/aromatic N) is 1. The van der Waals surface area contributed by atoms with Crippen molar-refractivity contribution >= 4 is 17.5 Å². The first-order valence-electron chi connectivity index (χ1n) is 5.87. The zero-order valence-electron chi connectivity index (χ0n) is 11.1. The highest BCUT2D eigenvalue weighted by atomic mass is 16.6. The first kappa shape index (κ1) is 15.4. The van der Waals surface area contributed by atoms with Crippen LogP contribution < -0.4 is 15.4 Å². The van der Waals surface area contributed by atoms with Crippen LogP contribution in [0.1, 0.15) is 17.3 Å². The third-order valence-electron chi connectivity index (χ3n) is 2.42. The molecule has 108 valence electrons. The maximum Gasteiger partial charge on any atom is 0.311 e. The Hall–Kier alpha value is -2.64. The van der Waals surface area contributed by atoms with E-state index in [9.17, 15) is 19.7 Å². The molecule has 0 heterocycles. The molecular weight excluding hydrogens is 266 g/mol. The molecule has 2 N–H and O–H groups in total. The van der Waals surface area contributed by atoms with Crippen molar-refractivity contribution < 1.29 is 19.2 Å². The van der Waals surface area contributed by atoms with Gasteiger partial charge in [-0.25, -0.2) is 0 Å². The molecule has 8 nitrogen and oxygen atoms in total. The van der Waals surface area contributed by atoms with Gasteiger partial charge in [0.25, 0.3) is 5.91 Å². The van der Waals surface area contributed by atoms with Gasteiger partial charge in [0.1, 0.15) is 0 Å². The van der Waals surface area contributed by atoms with E-state index in [1.165, 1.54) is 19.2 Å². The first-order chi connectivity index (χ1) is 9.49. The van der Waals surface area contributed by atoms with E-state index in [0.29, 0.717) is 6.54 Å². The number of methoxy groups -OCH3 is 1. The number of nitro groups is 1. The molecule has 0 spiro atoms. The fourth-order valence-corrected chi connectivity index (χ4v) is 1.50. The van der Waals surface area contributed by atoms with Gasteiger partial charge in [0.15, 0.2) is 5.75 Å². The lowest BCUT2D eigenvalue weighted by molar-refractivity contribution is -0.385. The number of amides is 2. The van der Waals surface area contributed by atoms with E-state index in [-0.39, 0.29) is 29.5 Å². The number of hydrogen-bond donors (Lipinski definition) is 2. The molecule has 20 heavy (non-hydrogen) atoms. The molecule has 0 saturated heterocycles. The number of carbonyl (C=O) groups excluding carboxylic acids is 2. The molecule has 1 aromatic carbocycles. The monoisotopic (exact) mass is 281 g/mol. The SMILES string of the molecule is CCNC(=O)CNC(=O)c1ccc(OC)c([N+](=O)[O-])c1. The topological polar surface area (TPSA) is 111 Å². The van der Waals surface area contributed by atoms with Gasteiger partial charge in [-0.3, -0.25) is 19.7 Å². The summed E-state index contributed by atoms with van der Waals surface area (Å²) >= 11 is 0. The van der Waals surface area contributed by atoms with Crippen molar-refractivity contribution in [2.24, 2.45) is 0 Å². The second kappa shape index (κ2) is 7.07. The van der Waals surface area contributed by atoms with Gasteiger partial charge in [-0.2, -0.15) is 0 Å². The fourth-order valence-electron chi connectivity index (χ4n) is 1.50. The summed E-state index contributed by atoms with van der Waals surface area (Å²) in [6.07, 6.45) is 0. The van der Waals surface area contributed by atoms with E-state index in [1.54, 1.807) is 6.92 Å². The Labute approximate surface area is 115 Å². The summed E-state index contributed by atoms with van der Waals surface area (Å²) in [6, 6.07) is 3.82. The Balaban J connectivity index is 2.81. The molecule has 0 fully saturated rings. The average Bonchev–Trinajstić information content (AvgIpc) is 2.44. The predicted molar refractivity (Wildman–Crippen MR) is 70.7 cm³/mol. The van der Waals surface area contributed by atoms with Crippen LogP contribution in [0, 0.1) is 10.1 Å². The number of benzene rings is 1. The summed E-state index contributed by atoms with van der Waals surface area (Å²) in [5.41, 5.74) is -0.222. The summed E-state index contributed by atoms with van der Waals surface area (Å²) in [4.78, 5) is 33.2. The van der Waals surface area contributed by atoms with E-state index in [0.717, 1.165) is 6.07 Å². The minimum absolute atomic E-state index is 0.0651. The number of nitrogens with one attached hydrogen (secondary N) is 2. The first-order valence-corrected chi connectivity index (χ1v) is 5.87. The van der Waals surface area contributed by atoms with Crippen molar-refractivity contribution in [1.82, 2.24) is 10.6 Å². The van der Waals surface area contributed by atoms with Gasteiger partial charge in [-0.15, -0.1) is 0 Å². The Kier molecular flexibility index (Phi) is 5.45. The van der Waals surface area contributed by atoms with Gasteiger partial charge in [0.2, 0.25) is 5.91 Å². The van der Waals surface area contributed by atoms with Crippen molar-refractivity contribution in [3.63, 3.8) is 0 Å². The van der Waals surface area contributed by atoms with E-state index in [4.69, 9.17) is 4.74 Å². The van der Waals surface area contributed by atoms with Crippen molar-refractivity contribution in [3.05, 3.63) is 33.9 Å². The zero-order valence-corrected chi connectivity index (χ0v) is 11.1. The quantitative estimate of drug-likeness (QED) is 0.581. The Morgan fingerprint density at radius 1 is 1.35 bits per heavy atom. The number of nitro benzene ring substituents is 1. The number of ether oxygens (including phenoxy) is 1. The summed E-state index contributed by atoms with van der Waals surface area (Å²) in [6.45, 7) is 2.03. The van der Waals surface area contributed by atoms with Gasteiger partial charge in [0, 0.05) is 18.2 Å². The van der Waals surface area contributed by atoms with Crippen LogP contribution in [0.3, 0.4) is 0 Å². The number of rotatable bonds is 6. The molecule has 0 unspecified atom stereocenters. The maximum atomic E-state index is 11.8. The molecule has 0 aliphatic carbocycles. The molecule has 0 aliphatic heterocycles. The number of likely N-dealkylation sites (N-methyl/N-ethyl adjacent to an activating group) is 1.